The number of carbonyl (C=O) groups is 1. The first-order valence-electron chi connectivity index (χ1n) is 7.41. The smallest absolute Gasteiger partial charge is 0.238 e. The Labute approximate surface area is 156 Å². The van der Waals surface area contributed by atoms with Gasteiger partial charge in [0.2, 0.25) is 11.1 Å². The molecule has 1 aromatic carbocycles. The van der Waals surface area contributed by atoms with Crippen LogP contribution in [0.3, 0.4) is 0 Å². The van der Waals surface area contributed by atoms with Crippen molar-refractivity contribution in [2.24, 2.45) is 0 Å². The highest BCUT2D eigenvalue weighted by molar-refractivity contribution is 8.00. The summed E-state index contributed by atoms with van der Waals surface area (Å²) in [6.45, 7) is 1.70. The van der Waals surface area contributed by atoms with Gasteiger partial charge in [0, 0.05) is 5.56 Å². The topological polar surface area (TPSA) is 110 Å². The lowest BCUT2D eigenvalue weighted by molar-refractivity contribution is -0.115. The Morgan fingerprint density at radius 3 is 2.81 bits per heavy atom. The zero-order chi connectivity index (χ0) is 18.7. The molecule has 0 aliphatic rings. The molecule has 132 valence electrons. The second-order valence-electron chi connectivity index (χ2n) is 5.21. The Kier molecular flexibility index (Phi) is 5.20. The number of nitrogens with two attached hydrogens (primary N) is 1. The zero-order valence-corrected chi connectivity index (χ0v) is 15.1. The number of rotatable bonds is 5. The third-order valence-corrected chi connectivity index (χ3v) is 5.33. The number of nitriles is 1. The van der Waals surface area contributed by atoms with Crippen LogP contribution in [0.25, 0.3) is 11.4 Å². The van der Waals surface area contributed by atoms with E-state index in [1.807, 2.05) is 6.07 Å². The van der Waals surface area contributed by atoms with Crippen molar-refractivity contribution in [3.05, 3.63) is 47.1 Å². The fraction of sp³-hybridized carbons (Fsp3) is 0.125. The molecule has 7 nitrogen and oxygen atoms in total. The van der Waals surface area contributed by atoms with E-state index in [1.54, 1.807) is 30.5 Å². The number of thiophene rings is 1. The molecule has 26 heavy (non-hydrogen) atoms. The largest absolute Gasteiger partial charge is 0.335 e. The second-order valence-corrected chi connectivity index (χ2v) is 7.43. The Hall–Kier alpha value is -2.90. The van der Waals surface area contributed by atoms with E-state index in [0.29, 0.717) is 27.1 Å². The predicted molar refractivity (Wildman–Crippen MR) is 98.5 cm³/mol. The predicted octanol–water partition coefficient (Wildman–Crippen LogP) is 2.85. The van der Waals surface area contributed by atoms with Gasteiger partial charge in [0.05, 0.1) is 10.8 Å². The highest BCUT2D eigenvalue weighted by Crippen LogP contribution is 2.27. The molecule has 2 heterocycles. The second kappa shape index (κ2) is 7.55. The first-order valence-corrected chi connectivity index (χ1v) is 9.17. The number of anilines is 1. The van der Waals surface area contributed by atoms with Crippen molar-refractivity contribution in [2.45, 2.75) is 17.3 Å². The number of hydrogen-bond acceptors (Lipinski definition) is 7. The average molecular weight is 388 g/mol. The van der Waals surface area contributed by atoms with Gasteiger partial charge in [0.25, 0.3) is 0 Å². The van der Waals surface area contributed by atoms with Gasteiger partial charge >= 0.3 is 0 Å². The molecule has 0 unspecified atom stereocenters. The molecule has 3 rings (SSSR count). The molecule has 0 saturated carbocycles. The van der Waals surface area contributed by atoms with E-state index in [2.05, 4.69) is 15.5 Å². The number of amides is 1. The number of aromatic nitrogens is 3. The Bertz CT molecular complexity index is 976. The molecular formula is C16H13FN6OS2. The van der Waals surface area contributed by atoms with E-state index in [1.165, 1.54) is 28.1 Å². The van der Waals surface area contributed by atoms with Gasteiger partial charge in [-0.1, -0.05) is 11.8 Å². The highest BCUT2D eigenvalue weighted by Gasteiger charge is 2.21. The summed E-state index contributed by atoms with van der Waals surface area (Å²) < 4.78 is 14.3. The number of halogens is 1. The van der Waals surface area contributed by atoms with Gasteiger partial charge < -0.3 is 11.2 Å². The number of nitrogens with zero attached hydrogens (tertiary/aromatic N) is 4. The number of nitrogens with one attached hydrogen (secondary N) is 1. The molecule has 0 bridgehead atoms. The average Bonchev–Trinajstić information content (AvgIpc) is 3.22. The fourth-order valence-electron chi connectivity index (χ4n) is 2.07. The van der Waals surface area contributed by atoms with Crippen LogP contribution in [0, 0.1) is 17.1 Å². The lowest BCUT2D eigenvalue weighted by Crippen LogP contribution is -2.23. The van der Waals surface area contributed by atoms with Crippen LogP contribution in [-0.4, -0.2) is 26.0 Å². The van der Waals surface area contributed by atoms with Crippen molar-refractivity contribution in [1.29, 1.82) is 5.26 Å². The van der Waals surface area contributed by atoms with Gasteiger partial charge in [0.1, 0.15) is 16.9 Å². The molecule has 0 aliphatic carbocycles. The summed E-state index contributed by atoms with van der Waals surface area (Å²) in [6, 6.07) is 9.37. The van der Waals surface area contributed by atoms with Crippen molar-refractivity contribution in [3.8, 4) is 17.5 Å². The summed E-state index contributed by atoms with van der Waals surface area (Å²) in [4.78, 5) is 12.3. The van der Waals surface area contributed by atoms with Gasteiger partial charge in [-0.05, 0) is 42.6 Å². The van der Waals surface area contributed by atoms with Crippen molar-refractivity contribution >= 4 is 34.0 Å². The Morgan fingerprint density at radius 2 is 2.12 bits per heavy atom. The van der Waals surface area contributed by atoms with Crippen LogP contribution in [0.15, 0.2) is 40.9 Å². The molecule has 3 N–H and O–H groups in total. The first kappa shape index (κ1) is 17.9. The molecule has 0 saturated heterocycles. The Morgan fingerprint density at radius 1 is 1.38 bits per heavy atom. The number of carbonyl (C=O) groups excluding carboxylic acids is 1. The van der Waals surface area contributed by atoms with E-state index in [9.17, 15) is 9.18 Å². The van der Waals surface area contributed by atoms with Crippen LogP contribution in [0.1, 0.15) is 12.5 Å². The van der Waals surface area contributed by atoms with Crippen LogP contribution in [0.2, 0.25) is 0 Å². The number of benzene rings is 1. The van der Waals surface area contributed by atoms with Gasteiger partial charge in [-0.2, -0.15) is 5.26 Å². The quantitative estimate of drug-likeness (QED) is 0.514. The van der Waals surface area contributed by atoms with Crippen molar-refractivity contribution < 1.29 is 9.18 Å². The molecule has 0 fully saturated rings. The minimum Gasteiger partial charge on any atom is -0.335 e. The molecular weight excluding hydrogens is 375 g/mol. The summed E-state index contributed by atoms with van der Waals surface area (Å²) in [7, 11) is 0. The van der Waals surface area contributed by atoms with E-state index >= 15 is 0 Å². The third kappa shape index (κ3) is 3.68. The van der Waals surface area contributed by atoms with Crippen LogP contribution < -0.4 is 11.2 Å². The maximum Gasteiger partial charge on any atom is 0.238 e. The van der Waals surface area contributed by atoms with Gasteiger partial charge in [-0.3, -0.25) is 4.79 Å². The van der Waals surface area contributed by atoms with Gasteiger partial charge in [0.15, 0.2) is 5.82 Å². The molecule has 1 atom stereocenters. The summed E-state index contributed by atoms with van der Waals surface area (Å²) in [5.74, 6) is 5.74. The lowest BCUT2D eigenvalue weighted by atomic mass is 10.2. The minimum atomic E-state index is -0.517. The fourth-order valence-corrected chi connectivity index (χ4v) is 3.58. The zero-order valence-electron chi connectivity index (χ0n) is 13.5. The SMILES string of the molecule is C[C@H](Sc1nnc(-c2ccc(F)cc2)n1N)C(=O)Nc1sccc1C#N. The summed E-state index contributed by atoms with van der Waals surface area (Å²) in [6.07, 6.45) is 0. The van der Waals surface area contributed by atoms with Crippen LogP contribution in [0.5, 0.6) is 0 Å². The number of hydrogen-bond donors (Lipinski definition) is 2. The van der Waals surface area contributed by atoms with Crippen molar-refractivity contribution in [3.63, 3.8) is 0 Å². The Balaban J connectivity index is 1.72. The normalized spacial score (nSPS) is 11.7. The van der Waals surface area contributed by atoms with Crippen LogP contribution >= 0.6 is 23.1 Å². The summed E-state index contributed by atoms with van der Waals surface area (Å²) >= 11 is 2.41. The van der Waals surface area contributed by atoms with Gasteiger partial charge in [-0.25, -0.2) is 9.07 Å². The summed E-state index contributed by atoms with van der Waals surface area (Å²) in [5.41, 5.74) is 1.03. The van der Waals surface area contributed by atoms with E-state index in [4.69, 9.17) is 11.1 Å². The van der Waals surface area contributed by atoms with E-state index in [-0.39, 0.29) is 11.7 Å². The third-order valence-electron chi connectivity index (χ3n) is 3.44. The lowest BCUT2D eigenvalue weighted by Gasteiger charge is -2.10. The standard InChI is InChI=1S/C16H13FN6OS2/c1-9(14(24)20-15-11(8-18)6-7-25-15)26-16-22-21-13(23(16)19)10-2-4-12(17)5-3-10/h2-7,9H,19H2,1H3,(H,20,24)/t9-/m0/s1. The summed E-state index contributed by atoms with van der Waals surface area (Å²) in [5, 5.41) is 21.8. The first-order chi connectivity index (χ1) is 12.5. The van der Waals surface area contributed by atoms with Crippen molar-refractivity contribution in [1.82, 2.24) is 14.9 Å². The molecule has 2 aromatic heterocycles. The maximum atomic E-state index is 13.0. The molecule has 0 aliphatic heterocycles. The van der Waals surface area contributed by atoms with Crippen molar-refractivity contribution in [2.75, 3.05) is 11.2 Å². The number of nitrogen functional groups attached to an aromatic ring is 1. The van der Waals surface area contributed by atoms with Crippen LogP contribution in [0.4, 0.5) is 9.39 Å². The molecule has 3 aromatic rings. The number of thioether (sulfide) groups is 1. The molecule has 10 heteroatoms. The molecule has 1 amide bonds. The van der Waals surface area contributed by atoms with E-state index < -0.39 is 5.25 Å². The molecule has 0 radical (unpaired) electrons. The maximum absolute atomic E-state index is 13.0. The van der Waals surface area contributed by atoms with Crippen LogP contribution in [-0.2, 0) is 4.79 Å². The molecule has 0 spiro atoms. The monoisotopic (exact) mass is 388 g/mol. The minimum absolute atomic E-state index is 0.278. The highest BCUT2D eigenvalue weighted by atomic mass is 32.2. The van der Waals surface area contributed by atoms with E-state index in [0.717, 1.165) is 11.8 Å². The van der Waals surface area contributed by atoms with Gasteiger partial charge in [-0.15, -0.1) is 21.5 Å².